The van der Waals surface area contributed by atoms with Crippen LogP contribution < -0.4 is 5.73 Å². The molecule has 0 amide bonds. The maximum absolute atomic E-state index is 12.6. The molecule has 0 aliphatic heterocycles. The molecule has 0 fully saturated rings. The van der Waals surface area contributed by atoms with E-state index in [0.717, 1.165) is 0 Å². The van der Waals surface area contributed by atoms with Crippen molar-refractivity contribution < 1.29 is 30.7 Å². The van der Waals surface area contributed by atoms with Crippen LogP contribution in [-0.2, 0) is 12.4 Å². The molecule has 1 atom stereocenters. The van der Waals surface area contributed by atoms with Gasteiger partial charge in [-0.05, 0) is 30.2 Å². The Morgan fingerprint density at radius 3 is 2.00 bits per heavy atom. The van der Waals surface area contributed by atoms with Crippen LogP contribution in [0.1, 0.15) is 29.2 Å². The number of halogens is 7. The Kier molecular flexibility index (Phi) is 4.44. The van der Waals surface area contributed by atoms with E-state index in [0.29, 0.717) is 18.2 Å². The highest BCUT2D eigenvalue weighted by Gasteiger charge is 2.37. The molecular formula is C11H10F7N. The van der Waals surface area contributed by atoms with Crippen molar-refractivity contribution in [3.63, 3.8) is 0 Å². The monoisotopic (exact) mass is 289 g/mol. The molecule has 0 unspecified atom stereocenters. The third-order valence-electron chi connectivity index (χ3n) is 2.50. The lowest BCUT2D eigenvalue weighted by Gasteiger charge is -2.19. The second-order valence-electron chi connectivity index (χ2n) is 3.88. The summed E-state index contributed by atoms with van der Waals surface area (Å²) >= 11 is 0. The smallest absolute Gasteiger partial charge is 0.324 e. The molecule has 0 aromatic heterocycles. The first-order valence-corrected chi connectivity index (χ1v) is 5.17. The van der Waals surface area contributed by atoms with Crippen LogP contribution in [0.5, 0.6) is 0 Å². The first kappa shape index (κ1) is 15.7. The Bertz CT molecular complexity index is 436. The van der Waals surface area contributed by atoms with Gasteiger partial charge in [0.25, 0.3) is 0 Å². The summed E-state index contributed by atoms with van der Waals surface area (Å²) in [6, 6.07) is -0.475. The zero-order chi connectivity index (χ0) is 14.8. The van der Waals surface area contributed by atoms with Crippen LogP contribution in [0.4, 0.5) is 30.7 Å². The summed E-state index contributed by atoms with van der Waals surface area (Å²) in [4.78, 5) is 0. The molecule has 0 spiro atoms. The zero-order valence-corrected chi connectivity index (χ0v) is 9.45. The van der Waals surface area contributed by atoms with Gasteiger partial charge in [-0.3, -0.25) is 4.39 Å². The van der Waals surface area contributed by atoms with Crippen LogP contribution in [-0.4, -0.2) is 6.67 Å². The largest absolute Gasteiger partial charge is 0.416 e. The summed E-state index contributed by atoms with van der Waals surface area (Å²) in [5, 5.41) is 0. The van der Waals surface area contributed by atoms with Crippen LogP contribution in [0.3, 0.4) is 0 Å². The fourth-order valence-corrected chi connectivity index (χ4v) is 1.58. The maximum Gasteiger partial charge on any atom is 0.416 e. The Balaban J connectivity index is 3.35. The van der Waals surface area contributed by atoms with Crippen LogP contribution in [0.15, 0.2) is 18.2 Å². The number of alkyl halides is 7. The van der Waals surface area contributed by atoms with Gasteiger partial charge in [-0.15, -0.1) is 0 Å². The summed E-state index contributed by atoms with van der Waals surface area (Å²) in [7, 11) is 0. The van der Waals surface area contributed by atoms with Crippen molar-refractivity contribution in [1.82, 2.24) is 0 Å². The van der Waals surface area contributed by atoms with Crippen molar-refractivity contribution in [2.45, 2.75) is 24.8 Å². The number of hydrogen-bond acceptors (Lipinski definition) is 1. The third kappa shape index (κ3) is 3.82. The average molecular weight is 289 g/mol. The van der Waals surface area contributed by atoms with Crippen LogP contribution in [0, 0.1) is 0 Å². The normalized spacial score (nSPS) is 14.5. The van der Waals surface area contributed by atoms with Gasteiger partial charge in [0, 0.05) is 6.04 Å². The molecule has 0 aliphatic carbocycles. The molecule has 1 aromatic carbocycles. The van der Waals surface area contributed by atoms with Gasteiger partial charge in [0.1, 0.15) is 0 Å². The minimum absolute atomic E-state index is 0.316. The molecule has 0 saturated carbocycles. The van der Waals surface area contributed by atoms with E-state index in [-0.39, 0.29) is 0 Å². The lowest BCUT2D eigenvalue weighted by Crippen LogP contribution is -2.19. The SMILES string of the molecule is N[C@@H](CCF)c1cc(C(F)(F)F)ccc1C(F)(F)F. The molecule has 2 N–H and O–H groups in total. The van der Waals surface area contributed by atoms with E-state index in [4.69, 9.17) is 5.73 Å². The molecule has 0 heterocycles. The Morgan fingerprint density at radius 1 is 1.00 bits per heavy atom. The van der Waals surface area contributed by atoms with Crippen LogP contribution in [0.2, 0.25) is 0 Å². The summed E-state index contributed by atoms with van der Waals surface area (Å²) in [6.07, 6.45) is -10.1. The van der Waals surface area contributed by atoms with Crippen molar-refractivity contribution in [1.29, 1.82) is 0 Å². The molecule has 0 bridgehead atoms. The highest BCUT2D eigenvalue weighted by molar-refractivity contribution is 5.37. The average Bonchev–Trinajstić information content (AvgIpc) is 2.26. The molecule has 1 aromatic rings. The van der Waals surface area contributed by atoms with E-state index in [9.17, 15) is 30.7 Å². The lowest BCUT2D eigenvalue weighted by molar-refractivity contribution is -0.142. The van der Waals surface area contributed by atoms with E-state index in [1.165, 1.54) is 0 Å². The van der Waals surface area contributed by atoms with Gasteiger partial charge in [-0.25, -0.2) is 0 Å². The van der Waals surface area contributed by atoms with Crippen LogP contribution >= 0.6 is 0 Å². The summed E-state index contributed by atoms with van der Waals surface area (Å²) in [5.41, 5.74) is 2.04. The first-order chi connectivity index (χ1) is 8.57. The minimum Gasteiger partial charge on any atom is -0.324 e. The van der Waals surface area contributed by atoms with Crippen molar-refractivity contribution in [3.05, 3.63) is 34.9 Å². The molecular weight excluding hydrogens is 279 g/mol. The van der Waals surface area contributed by atoms with Gasteiger partial charge in [0.15, 0.2) is 0 Å². The molecule has 19 heavy (non-hydrogen) atoms. The van der Waals surface area contributed by atoms with E-state index in [2.05, 4.69) is 0 Å². The van der Waals surface area contributed by atoms with Crippen molar-refractivity contribution >= 4 is 0 Å². The fourth-order valence-electron chi connectivity index (χ4n) is 1.58. The van der Waals surface area contributed by atoms with E-state index in [1.54, 1.807) is 0 Å². The molecule has 1 rings (SSSR count). The predicted molar refractivity (Wildman–Crippen MR) is 54.0 cm³/mol. The van der Waals surface area contributed by atoms with Crippen molar-refractivity contribution in [2.75, 3.05) is 6.67 Å². The molecule has 8 heteroatoms. The number of hydrogen-bond donors (Lipinski definition) is 1. The molecule has 0 aliphatic rings. The Labute approximate surface area is 104 Å². The number of benzene rings is 1. The van der Waals surface area contributed by atoms with Gasteiger partial charge >= 0.3 is 12.4 Å². The van der Waals surface area contributed by atoms with Gasteiger partial charge in [0.05, 0.1) is 17.8 Å². The summed E-state index contributed by atoms with van der Waals surface area (Å²) in [6.45, 7) is -1.02. The third-order valence-corrected chi connectivity index (χ3v) is 2.50. The summed E-state index contributed by atoms with van der Waals surface area (Å²) in [5.74, 6) is 0. The predicted octanol–water partition coefficient (Wildman–Crippen LogP) is 4.08. The molecule has 0 radical (unpaired) electrons. The van der Waals surface area contributed by atoms with E-state index in [1.807, 2.05) is 0 Å². The van der Waals surface area contributed by atoms with E-state index >= 15 is 0 Å². The van der Waals surface area contributed by atoms with Crippen molar-refractivity contribution in [3.8, 4) is 0 Å². The van der Waals surface area contributed by atoms with Crippen LogP contribution in [0.25, 0.3) is 0 Å². The maximum atomic E-state index is 12.6. The summed E-state index contributed by atoms with van der Waals surface area (Å²) < 4.78 is 87.4. The Morgan fingerprint density at radius 2 is 1.58 bits per heavy atom. The Hall–Kier alpha value is -1.31. The standard InChI is InChI=1S/C11H10F7N/c12-4-3-9(19)7-5-6(10(13,14)15)1-2-8(7)11(16,17)18/h1-2,5,9H,3-4,19H2/t9-/m0/s1. The number of nitrogens with two attached hydrogens (primary N) is 1. The van der Waals surface area contributed by atoms with Gasteiger partial charge < -0.3 is 5.73 Å². The second-order valence-corrected chi connectivity index (χ2v) is 3.88. The molecule has 1 nitrogen and oxygen atoms in total. The fraction of sp³-hybridized carbons (Fsp3) is 0.455. The van der Waals surface area contributed by atoms with Crippen molar-refractivity contribution in [2.24, 2.45) is 5.73 Å². The molecule has 0 saturated heterocycles. The lowest BCUT2D eigenvalue weighted by atomic mass is 9.96. The van der Waals surface area contributed by atoms with Gasteiger partial charge in [-0.1, -0.05) is 0 Å². The van der Waals surface area contributed by atoms with Gasteiger partial charge in [-0.2, -0.15) is 26.3 Å². The zero-order valence-electron chi connectivity index (χ0n) is 9.45. The second kappa shape index (κ2) is 5.36. The molecule has 108 valence electrons. The highest BCUT2D eigenvalue weighted by atomic mass is 19.4. The number of rotatable bonds is 3. The van der Waals surface area contributed by atoms with Gasteiger partial charge in [0.2, 0.25) is 0 Å². The quantitative estimate of drug-likeness (QED) is 0.833. The van der Waals surface area contributed by atoms with E-state index < -0.39 is 48.2 Å². The first-order valence-electron chi connectivity index (χ1n) is 5.17. The highest BCUT2D eigenvalue weighted by Crippen LogP contribution is 2.38. The topological polar surface area (TPSA) is 26.0 Å². The minimum atomic E-state index is -4.84.